The molecule has 1 aromatic carbocycles. The number of carbonyl (C=O) groups is 1. The van der Waals surface area contributed by atoms with Gasteiger partial charge in [-0.2, -0.15) is 0 Å². The van der Waals surface area contributed by atoms with E-state index < -0.39 is 0 Å². The number of carbonyl (C=O) groups excluding carboxylic acids is 1. The second-order valence-corrected chi connectivity index (χ2v) is 7.76. The molecule has 0 spiro atoms. The Hall–Kier alpha value is -4.32. The first-order valence-electron chi connectivity index (χ1n) is 11.2. The molecule has 1 amide bonds. The molecule has 4 rings (SSSR count). The number of ether oxygens (including phenoxy) is 1. The minimum Gasteiger partial charge on any atom is -0.461 e. The molecule has 0 aliphatic carbocycles. The maximum atomic E-state index is 12.3. The fourth-order valence-electron chi connectivity index (χ4n) is 3.61. The van der Waals surface area contributed by atoms with Crippen LogP contribution in [0.1, 0.15) is 36.4 Å². The molecule has 0 radical (unpaired) electrons. The Morgan fingerprint density at radius 1 is 1.26 bits per heavy atom. The number of rotatable bonds is 9. The highest BCUT2D eigenvalue weighted by Crippen LogP contribution is 2.32. The van der Waals surface area contributed by atoms with Gasteiger partial charge in [-0.05, 0) is 37.6 Å². The van der Waals surface area contributed by atoms with E-state index in [0.29, 0.717) is 6.54 Å². The van der Waals surface area contributed by atoms with Crippen LogP contribution in [0.15, 0.2) is 96.1 Å². The minimum absolute atomic E-state index is 0.222. The van der Waals surface area contributed by atoms with Gasteiger partial charge in [0.2, 0.25) is 0 Å². The SMILES string of the molecule is C=C/C=C\C(=C(/C)Oc1ccccc1)c1cnc2[nH]cc(-c3coc(C(=O)NCCC)c3)c2c1. The summed E-state index contributed by atoms with van der Waals surface area (Å²) < 4.78 is 11.6. The molecule has 0 saturated carbocycles. The lowest BCUT2D eigenvalue weighted by Gasteiger charge is -2.11. The van der Waals surface area contributed by atoms with Crippen LogP contribution < -0.4 is 10.1 Å². The third-order valence-electron chi connectivity index (χ3n) is 5.30. The molecule has 3 aromatic heterocycles. The highest BCUT2D eigenvalue weighted by Gasteiger charge is 2.16. The van der Waals surface area contributed by atoms with Crippen molar-refractivity contribution >= 4 is 22.5 Å². The molecule has 0 aliphatic rings. The van der Waals surface area contributed by atoms with E-state index in [1.807, 2.05) is 68.7 Å². The van der Waals surface area contributed by atoms with E-state index >= 15 is 0 Å². The molecule has 6 heteroatoms. The normalized spacial score (nSPS) is 12.1. The van der Waals surface area contributed by atoms with Gasteiger partial charge < -0.3 is 19.5 Å². The first kappa shape index (κ1) is 22.9. The summed E-state index contributed by atoms with van der Waals surface area (Å²) in [6.45, 7) is 8.32. The molecule has 34 heavy (non-hydrogen) atoms. The maximum Gasteiger partial charge on any atom is 0.287 e. The summed E-state index contributed by atoms with van der Waals surface area (Å²) in [5.74, 6) is 1.55. The summed E-state index contributed by atoms with van der Waals surface area (Å²) in [7, 11) is 0. The topological polar surface area (TPSA) is 80.2 Å². The van der Waals surface area contributed by atoms with Gasteiger partial charge in [0.1, 0.15) is 17.2 Å². The van der Waals surface area contributed by atoms with Gasteiger partial charge in [0.15, 0.2) is 5.76 Å². The Bertz CT molecular complexity index is 1360. The highest BCUT2D eigenvalue weighted by atomic mass is 16.5. The van der Waals surface area contributed by atoms with Gasteiger partial charge in [0.05, 0.1) is 6.26 Å². The third-order valence-corrected chi connectivity index (χ3v) is 5.30. The van der Waals surface area contributed by atoms with E-state index in [1.165, 1.54) is 0 Å². The van der Waals surface area contributed by atoms with Gasteiger partial charge in [-0.1, -0.05) is 49.9 Å². The smallest absolute Gasteiger partial charge is 0.287 e. The number of nitrogens with zero attached hydrogens (tertiary/aromatic N) is 1. The number of hydrogen-bond acceptors (Lipinski definition) is 4. The van der Waals surface area contributed by atoms with E-state index in [-0.39, 0.29) is 11.7 Å². The molecular formula is C28H27N3O3. The van der Waals surface area contributed by atoms with Gasteiger partial charge in [-0.25, -0.2) is 4.98 Å². The number of furan rings is 1. The standard InChI is InChI=1S/C28H27N3O3/c1-4-6-12-23(19(3)34-22-10-8-7-9-11-22)20-14-24-25(17-31-27(24)30-16-20)21-15-26(33-18-21)28(32)29-13-5-2/h4,6-12,14-18H,1,5,13H2,2-3H3,(H,29,32)(H,30,31)/b12-6-,23-19-. The lowest BCUT2D eigenvalue weighted by atomic mass is 10.0. The van der Waals surface area contributed by atoms with Crippen LogP contribution in [0.5, 0.6) is 5.75 Å². The Morgan fingerprint density at radius 3 is 2.85 bits per heavy atom. The average molecular weight is 454 g/mol. The van der Waals surface area contributed by atoms with Crippen LogP contribution >= 0.6 is 0 Å². The van der Waals surface area contributed by atoms with Gasteiger partial charge in [0, 0.05) is 46.6 Å². The van der Waals surface area contributed by atoms with Gasteiger partial charge in [0.25, 0.3) is 5.91 Å². The molecule has 0 saturated heterocycles. The van der Waals surface area contributed by atoms with E-state index in [4.69, 9.17) is 9.15 Å². The van der Waals surface area contributed by atoms with Crippen molar-refractivity contribution in [3.05, 3.63) is 103 Å². The van der Waals surface area contributed by atoms with Crippen molar-refractivity contribution in [2.45, 2.75) is 20.3 Å². The lowest BCUT2D eigenvalue weighted by Crippen LogP contribution is -2.23. The summed E-state index contributed by atoms with van der Waals surface area (Å²) in [6.07, 6.45) is 11.7. The molecule has 0 aliphatic heterocycles. The average Bonchev–Trinajstić information content (AvgIpc) is 3.50. The van der Waals surface area contributed by atoms with Crippen molar-refractivity contribution in [2.75, 3.05) is 6.54 Å². The first-order chi connectivity index (χ1) is 16.6. The second-order valence-electron chi connectivity index (χ2n) is 7.76. The Kier molecular flexibility index (Phi) is 7.08. The van der Waals surface area contributed by atoms with Crippen molar-refractivity contribution in [3.8, 4) is 16.9 Å². The van der Waals surface area contributed by atoms with Crippen LogP contribution in [-0.2, 0) is 0 Å². The predicted octanol–water partition coefficient (Wildman–Crippen LogP) is 6.51. The number of amides is 1. The molecule has 0 bridgehead atoms. The molecule has 172 valence electrons. The number of pyridine rings is 1. The number of aromatic nitrogens is 2. The Labute approximate surface area is 198 Å². The number of benzene rings is 1. The number of hydrogen-bond donors (Lipinski definition) is 2. The fourth-order valence-corrected chi connectivity index (χ4v) is 3.61. The number of nitrogens with one attached hydrogen (secondary N) is 2. The fraction of sp³-hybridized carbons (Fsp3) is 0.143. The zero-order valence-electron chi connectivity index (χ0n) is 19.3. The van der Waals surface area contributed by atoms with Gasteiger partial charge in [-0.15, -0.1) is 0 Å². The molecule has 0 unspecified atom stereocenters. The maximum absolute atomic E-state index is 12.3. The molecule has 0 fully saturated rings. The quantitative estimate of drug-likeness (QED) is 0.223. The van der Waals surface area contributed by atoms with E-state index in [0.717, 1.165) is 51.2 Å². The summed E-state index contributed by atoms with van der Waals surface area (Å²) >= 11 is 0. The number of allylic oxidation sites excluding steroid dienone is 5. The van der Waals surface area contributed by atoms with Crippen molar-refractivity contribution in [1.82, 2.24) is 15.3 Å². The number of fused-ring (bicyclic) bond motifs is 1. The van der Waals surface area contributed by atoms with Crippen LogP contribution in [0.25, 0.3) is 27.7 Å². The summed E-state index contributed by atoms with van der Waals surface area (Å²) in [4.78, 5) is 20.1. The van der Waals surface area contributed by atoms with Gasteiger partial charge in [-0.3, -0.25) is 4.79 Å². The molecule has 6 nitrogen and oxygen atoms in total. The monoisotopic (exact) mass is 453 g/mol. The predicted molar refractivity (Wildman–Crippen MR) is 135 cm³/mol. The summed E-state index contributed by atoms with van der Waals surface area (Å²) in [5, 5.41) is 3.74. The van der Waals surface area contributed by atoms with Crippen molar-refractivity contribution in [1.29, 1.82) is 0 Å². The van der Waals surface area contributed by atoms with E-state index in [2.05, 4.69) is 27.9 Å². The largest absolute Gasteiger partial charge is 0.461 e. The van der Waals surface area contributed by atoms with Crippen LogP contribution in [-0.4, -0.2) is 22.4 Å². The highest BCUT2D eigenvalue weighted by molar-refractivity contribution is 5.98. The molecular weight excluding hydrogens is 426 g/mol. The summed E-state index contributed by atoms with van der Waals surface area (Å²) in [5.41, 5.74) is 4.22. The molecule has 0 atom stereocenters. The molecule has 3 heterocycles. The Balaban J connectivity index is 1.72. The van der Waals surface area contributed by atoms with Crippen molar-refractivity contribution < 1.29 is 13.9 Å². The van der Waals surface area contributed by atoms with E-state index in [9.17, 15) is 4.79 Å². The summed E-state index contributed by atoms with van der Waals surface area (Å²) in [6, 6.07) is 13.4. The number of H-pyrrole nitrogens is 1. The lowest BCUT2D eigenvalue weighted by molar-refractivity contribution is 0.0926. The van der Waals surface area contributed by atoms with E-state index in [1.54, 1.807) is 18.4 Å². The second kappa shape index (κ2) is 10.5. The van der Waals surface area contributed by atoms with Crippen LogP contribution in [0.4, 0.5) is 0 Å². The number of aromatic amines is 1. The van der Waals surface area contributed by atoms with Gasteiger partial charge >= 0.3 is 0 Å². The van der Waals surface area contributed by atoms with Crippen LogP contribution in [0.3, 0.4) is 0 Å². The Morgan fingerprint density at radius 2 is 2.09 bits per heavy atom. The van der Waals surface area contributed by atoms with Crippen LogP contribution in [0, 0.1) is 0 Å². The minimum atomic E-state index is -0.222. The van der Waals surface area contributed by atoms with Crippen LogP contribution in [0.2, 0.25) is 0 Å². The zero-order valence-corrected chi connectivity index (χ0v) is 19.3. The molecule has 2 N–H and O–H groups in total. The third kappa shape index (κ3) is 5.02. The number of para-hydroxylation sites is 1. The first-order valence-corrected chi connectivity index (χ1v) is 11.2. The van der Waals surface area contributed by atoms with Crippen molar-refractivity contribution in [3.63, 3.8) is 0 Å². The molecule has 4 aromatic rings. The van der Waals surface area contributed by atoms with Crippen molar-refractivity contribution in [2.24, 2.45) is 0 Å². The zero-order chi connectivity index (χ0) is 23.9.